The van der Waals surface area contributed by atoms with E-state index in [4.69, 9.17) is 20.3 Å². The van der Waals surface area contributed by atoms with Gasteiger partial charge in [-0.2, -0.15) is 4.98 Å². The van der Waals surface area contributed by atoms with Crippen molar-refractivity contribution in [2.75, 3.05) is 12.3 Å². The van der Waals surface area contributed by atoms with Crippen molar-refractivity contribution in [3.8, 4) is 0 Å². The second-order valence-corrected chi connectivity index (χ2v) is 11.6. The minimum Gasteiger partial charge on any atom is -0.756 e. The summed E-state index contributed by atoms with van der Waals surface area (Å²) in [5.41, 5.74) is 2.68. The van der Waals surface area contributed by atoms with Crippen LogP contribution in [-0.2, 0) is 37.3 Å². The van der Waals surface area contributed by atoms with Crippen LogP contribution in [0.2, 0.25) is 0 Å². The molecule has 0 spiro atoms. The number of hydrogen-bond acceptors (Lipinski definition) is 13. The Kier molecular flexibility index (Phi) is 6.35. The molecule has 1 fully saturated rings. The SMILES string of the molecule is C[C@@]1(COP(=O)([O-])OP(=O)([O-])OP(=O)(O)O)CC[C@](C)(n2cnc3c(=O)[nH]c(N)nc32)O1. The third-order valence-electron chi connectivity index (χ3n) is 4.45. The number of aromatic amines is 1. The minimum atomic E-state index is -5.94. The van der Waals surface area contributed by atoms with E-state index >= 15 is 0 Å². The van der Waals surface area contributed by atoms with Gasteiger partial charge in [0, 0.05) is 0 Å². The summed E-state index contributed by atoms with van der Waals surface area (Å²) in [6.07, 6.45) is 1.78. The molecule has 17 nitrogen and oxygen atoms in total. The molecule has 0 bridgehead atoms. The lowest BCUT2D eigenvalue weighted by molar-refractivity contribution is -0.244. The molecule has 4 atom stereocenters. The molecule has 2 aromatic rings. The van der Waals surface area contributed by atoms with Crippen LogP contribution in [0.1, 0.15) is 26.7 Å². The summed E-state index contributed by atoms with van der Waals surface area (Å²) in [5, 5.41) is 0. The summed E-state index contributed by atoms with van der Waals surface area (Å²) < 4.78 is 52.6. The number of imidazole rings is 1. The molecule has 3 rings (SSSR count). The maximum absolute atomic E-state index is 12.0. The molecule has 180 valence electrons. The van der Waals surface area contributed by atoms with Crippen molar-refractivity contribution in [1.82, 2.24) is 19.5 Å². The zero-order valence-electron chi connectivity index (χ0n) is 16.4. The Bertz CT molecular complexity index is 1240. The standard InChI is InChI=1S/C12H20N5O12P3/c1-11(5-26-31(22,23)29-32(24,25)28-30(19,20)21)3-4-12(2,27-11)17-6-14-7-8(17)15-10(13)16-9(7)18/h6H,3-5H2,1-2H3,(H,22,23)(H,24,25)(H2,19,20,21)(H3,13,15,16,18)/p-2/t11-,12+/m0/s1. The topological polar surface area (TPSA) is 264 Å². The maximum atomic E-state index is 12.0. The Hall–Kier alpha value is -1.48. The number of ether oxygens (including phenoxy) is 1. The molecule has 1 aliphatic rings. The highest BCUT2D eigenvalue weighted by atomic mass is 31.3. The largest absolute Gasteiger partial charge is 0.756 e. The second kappa shape index (κ2) is 8.08. The highest BCUT2D eigenvalue weighted by Crippen LogP contribution is 2.62. The number of aromatic nitrogens is 4. The summed E-state index contributed by atoms with van der Waals surface area (Å²) in [7, 11) is -17.1. The maximum Gasteiger partial charge on any atom is 0.476 e. The molecule has 1 saturated heterocycles. The van der Waals surface area contributed by atoms with E-state index in [0.29, 0.717) is 0 Å². The molecule has 0 amide bonds. The molecule has 2 unspecified atom stereocenters. The number of hydrogen-bond donors (Lipinski definition) is 4. The highest BCUT2D eigenvalue weighted by molar-refractivity contribution is 7.65. The summed E-state index contributed by atoms with van der Waals surface area (Å²) in [5.74, 6) is -0.152. The first-order valence-electron chi connectivity index (χ1n) is 8.61. The lowest BCUT2D eigenvalue weighted by Gasteiger charge is -2.34. The van der Waals surface area contributed by atoms with Gasteiger partial charge in [-0.25, -0.2) is 18.2 Å². The van der Waals surface area contributed by atoms with Gasteiger partial charge in [0.1, 0.15) is 5.72 Å². The molecule has 20 heteroatoms. The lowest BCUT2D eigenvalue weighted by atomic mass is 10.0. The van der Waals surface area contributed by atoms with Crippen molar-refractivity contribution in [1.29, 1.82) is 0 Å². The van der Waals surface area contributed by atoms with E-state index in [1.807, 2.05) is 0 Å². The summed E-state index contributed by atoms with van der Waals surface area (Å²) in [6.45, 7) is 2.36. The molecule has 3 heterocycles. The van der Waals surface area contributed by atoms with Crippen LogP contribution in [-0.4, -0.2) is 41.5 Å². The molecule has 1 aliphatic heterocycles. The number of nitrogens with one attached hydrogen (secondary N) is 1. The molecular weight excluding hydrogens is 499 g/mol. The third kappa shape index (κ3) is 5.71. The van der Waals surface area contributed by atoms with Crippen molar-refractivity contribution in [3.63, 3.8) is 0 Å². The number of phosphoric acid groups is 3. The Morgan fingerprint density at radius 2 is 1.91 bits per heavy atom. The van der Waals surface area contributed by atoms with E-state index in [0.717, 1.165) is 0 Å². The normalized spacial score (nSPS) is 27.9. The van der Waals surface area contributed by atoms with Gasteiger partial charge in [-0.3, -0.25) is 23.5 Å². The van der Waals surface area contributed by atoms with Crippen LogP contribution in [0.15, 0.2) is 11.1 Å². The summed E-state index contributed by atoms with van der Waals surface area (Å²) >= 11 is 0. The zero-order chi connectivity index (χ0) is 24.2. The molecule has 5 N–H and O–H groups in total. The van der Waals surface area contributed by atoms with Gasteiger partial charge < -0.3 is 34.6 Å². The van der Waals surface area contributed by atoms with Crippen molar-refractivity contribution >= 4 is 40.6 Å². The molecule has 0 aromatic carbocycles. The monoisotopic (exact) mass is 517 g/mol. The van der Waals surface area contributed by atoms with Crippen LogP contribution in [0.3, 0.4) is 0 Å². The number of rotatable bonds is 8. The first-order chi connectivity index (χ1) is 14.4. The predicted octanol–water partition coefficient (Wildman–Crippen LogP) is -0.977. The quantitative estimate of drug-likeness (QED) is 0.307. The smallest absolute Gasteiger partial charge is 0.476 e. The Morgan fingerprint density at radius 1 is 1.25 bits per heavy atom. The molecule has 0 aliphatic carbocycles. The van der Waals surface area contributed by atoms with E-state index in [-0.39, 0.29) is 30.0 Å². The summed E-state index contributed by atoms with van der Waals surface area (Å²) in [6, 6.07) is 0. The average Bonchev–Trinajstić information content (AvgIpc) is 3.13. The number of nitrogen functional groups attached to an aromatic ring is 1. The van der Waals surface area contributed by atoms with Crippen LogP contribution in [0.4, 0.5) is 5.95 Å². The Labute approximate surface area is 179 Å². The fourth-order valence-electron chi connectivity index (χ4n) is 3.18. The van der Waals surface area contributed by atoms with Crippen LogP contribution < -0.4 is 21.1 Å². The molecule has 32 heavy (non-hydrogen) atoms. The molecular formula is C12H18N5O12P3-2. The van der Waals surface area contributed by atoms with Gasteiger partial charge in [-0.15, -0.1) is 0 Å². The van der Waals surface area contributed by atoms with E-state index in [1.165, 1.54) is 17.8 Å². The van der Waals surface area contributed by atoms with Gasteiger partial charge in [0.15, 0.2) is 11.2 Å². The third-order valence-corrected chi connectivity index (χ3v) is 8.15. The van der Waals surface area contributed by atoms with Crippen LogP contribution in [0.5, 0.6) is 0 Å². The van der Waals surface area contributed by atoms with Crippen molar-refractivity contribution in [3.05, 3.63) is 16.7 Å². The minimum absolute atomic E-state index is 0.00240. The van der Waals surface area contributed by atoms with Gasteiger partial charge in [0.2, 0.25) is 5.95 Å². The Morgan fingerprint density at radius 3 is 2.53 bits per heavy atom. The lowest BCUT2D eigenvalue weighted by Crippen LogP contribution is -2.37. The van der Waals surface area contributed by atoms with Crippen LogP contribution in [0, 0.1) is 0 Å². The van der Waals surface area contributed by atoms with E-state index in [1.54, 1.807) is 6.92 Å². The first-order valence-corrected chi connectivity index (χ1v) is 13.1. The van der Waals surface area contributed by atoms with E-state index < -0.39 is 47.0 Å². The number of fused-ring (bicyclic) bond motifs is 1. The fraction of sp³-hybridized carbons (Fsp3) is 0.583. The average molecular weight is 517 g/mol. The second-order valence-electron chi connectivity index (χ2n) is 7.29. The molecule has 2 aromatic heterocycles. The number of nitrogens with zero attached hydrogens (tertiary/aromatic N) is 3. The zero-order valence-corrected chi connectivity index (χ0v) is 19.1. The van der Waals surface area contributed by atoms with Gasteiger partial charge in [-0.1, -0.05) is 0 Å². The van der Waals surface area contributed by atoms with E-state index in [9.17, 15) is 28.3 Å². The highest BCUT2D eigenvalue weighted by Gasteiger charge is 2.46. The Balaban J connectivity index is 1.74. The predicted molar refractivity (Wildman–Crippen MR) is 100 cm³/mol. The first kappa shape index (κ1) is 25.1. The fourth-order valence-corrected chi connectivity index (χ4v) is 6.21. The van der Waals surface area contributed by atoms with Crippen molar-refractivity contribution < 1.29 is 51.2 Å². The van der Waals surface area contributed by atoms with Crippen LogP contribution >= 0.6 is 23.5 Å². The van der Waals surface area contributed by atoms with E-state index in [2.05, 4.69) is 28.1 Å². The van der Waals surface area contributed by atoms with Crippen LogP contribution in [0.25, 0.3) is 11.2 Å². The number of phosphoric ester groups is 1. The van der Waals surface area contributed by atoms with Gasteiger partial charge in [0.05, 0.1) is 18.5 Å². The van der Waals surface area contributed by atoms with Gasteiger partial charge >= 0.3 is 7.82 Å². The summed E-state index contributed by atoms with van der Waals surface area (Å²) in [4.78, 5) is 62.4. The van der Waals surface area contributed by atoms with Crippen molar-refractivity contribution in [2.45, 2.75) is 38.0 Å². The number of H-pyrrole nitrogens is 1. The molecule has 0 radical (unpaired) electrons. The molecule has 0 saturated carbocycles. The number of nitrogens with two attached hydrogens (primary N) is 1. The number of anilines is 1. The van der Waals surface area contributed by atoms with Gasteiger partial charge in [0.25, 0.3) is 21.2 Å². The van der Waals surface area contributed by atoms with Crippen molar-refractivity contribution in [2.24, 2.45) is 0 Å². The van der Waals surface area contributed by atoms with Gasteiger partial charge in [-0.05, 0) is 26.7 Å².